The summed E-state index contributed by atoms with van der Waals surface area (Å²) in [6, 6.07) is 4.18. The lowest BCUT2D eigenvalue weighted by Gasteiger charge is -2.07. The fourth-order valence-electron chi connectivity index (χ4n) is 1.71. The van der Waals surface area contributed by atoms with Crippen molar-refractivity contribution in [2.45, 2.75) is 13.0 Å². The van der Waals surface area contributed by atoms with Gasteiger partial charge in [-0.25, -0.2) is 0 Å². The molecule has 0 bridgehead atoms. The van der Waals surface area contributed by atoms with Crippen LogP contribution in [-0.2, 0) is 0 Å². The van der Waals surface area contributed by atoms with Gasteiger partial charge in [-0.05, 0) is 31.7 Å². The van der Waals surface area contributed by atoms with Gasteiger partial charge < -0.3 is 10.1 Å². The number of hydrogen-bond acceptors (Lipinski definition) is 2. The van der Waals surface area contributed by atoms with Crippen LogP contribution in [-0.4, -0.2) is 13.7 Å². The lowest BCUT2D eigenvalue weighted by molar-refractivity contribution is 0.316. The Labute approximate surface area is 82.9 Å². The van der Waals surface area contributed by atoms with Crippen LogP contribution in [0.2, 0.25) is 5.02 Å². The number of likely N-dealkylation sites (N-methyl/N-ethyl adjacent to an activating group) is 1. The average molecular weight is 198 g/mol. The molecule has 70 valence electrons. The summed E-state index contributed by atoms with van der Waals surface area (Å²) >= 11 is 5.97. The molecule has 1 aliphatic heterocycles. The second kappa shape index (κ2) is 3.20. The topological polar surface area (TPSA) is 21.3 Å². The van der Waals surface area contributed by atoms with E-state index in [9.17, 15) is 0 Å². The van der Waals surface area contributed by atoms with Gasteiger partial charge in [0.05, 0.1) is 6.04 Å². The van der Waals surface area contributed by atoms with Crippen LogP contribution in [0.15, 0.2) is 12.1 Å². The molecule has 0 fully saturated rings. The zero-order valence-corrected chi connectivity index (χ0v) is 8.48. The predicted molar refractivity (Wildman–Crippen MR) is 53.5 cm³/mol. The van der Waals surface area contributed by atoms with Gasteiger partial charge in [0.15, 0.2) is 0 Å². The molecule has 3 heteroatoms. The fourth-order valence-corrected chi connectivity index (χ4v) is 1.99. The Hall–Kier alpha value is -0.730. The van der Waals surface area contributed by atoms with Crippen molar-refractivity contribution in [1.82, 2.24) is 5.32 Å². The zero-order chi connectivity index (χ0) is 9.42. The Bertz CT molecular complexity index is 338. The number of hydrogen-bond donors (Lipinski definition) is 1. The Morgan fingerprint density at radius 2 is 2.31 bits per heavy atom. The summed E-state index contributed by atoms with van der Waals surface area (Å²) in [5.41, 5.74) is 2.28. The van der Waals surface area contributed by atoms with Crippen LogP contribution >= 0.6 is 11.6 Å². The molecule has 2 nitrogen and oxygen atoms in total. The smallest absolute Gasteiger partial charge is 0.127 e. The van der Waals surface area contributed by atoms with Gasteiger partial charge in [0.1, 0.15) is 12.4 Å². The van der Waals surface area contributed by atoms with Crippen molar-refractivity contribution in [2.24, 2.45) is 0 Å². The molecule has 1 atom stereocenters. The molecule has 0 saturated carbocycles. The maximum Gasteiger partial charge on any atom is 0.127 e. The van der Waals surface area contributed by atoms with Gasteiger partial charge in [-0.2, -0.15) is 0 Å². The first-order valence-corrected chi connectivity index (χ1v) is 4.70. The van der Waals surface area contributed by atoms with Crippen LogP contribution in [0, 0.1) is 6.92 Å². The molecule has 0 amide bonds. The highest BCUT2D eigenvalue weighted by atomic mass is 35.5. The minimum atomic E-state index is 0.285. The molecule has 13 heavy (non-hydrogen) atoms. The molecular weight excluding hydrogens is 186 g/mol. The van der Waals surface area contributed by atoms with Crippen LogP contribution in [0.4, 0.5) is 0 Å². The van der Waals surface area contributed by atoms with Crippen molar-refractivity contribution in [2.75, 3.05) is 13.7 Å². The Kier molecular flexibility index (Phi) is 2.18. The Balaban J connectivity index is 2.51. The minimum absolute atomic E-state index is 0.285. The van der Waals surface area contributed by atoms with E-state index in [-0.39, 0.29) is 6.04 Å². The Morgan fingerprint density at radius 3 is 3.00 bits per heavy atom. The summed E-state index contributed by atoms with van der Waals surface area (Å²) in [5.74, 6) is 0.990. The zero-order valence-electron chi connectivity index (χ0n) is 7.73. The van der Waals surface area contributed by atoms with Crippen molar-refractivity contribution in [3.63, 3.8) is 0 Å². The number of aryl methyl sites for hydroxylation is 1. The molecule has 1 aromatic carbocycles. The van der Waals surface area contributed by atoms with Crippen LogP contribution in [0.25, 0.3) is 0 Å². The number of benzene rings is 1. The van der Waals surface area contributed by atoms with Crippen molar-refractivity contribution in [3.05, 3.63) is 28.3 Å². The largest absolute Gasteiger partial charge is 0.491 e. The summed E-state index contributed by atoms with van der Waals surface area (Å²) < 4.78 is 5.57. The van der Waals surface area contributed by atoms with Gasteiger partial charge >= 0.3 is 0 Å². The van der Waals surface area contributed by atoms with Crippen LogP contribution < -0.4 is 10.1 Å². The molecule has 2 rings (SSSR count). The van der Waals surface area contributed by atoms with Crippen LogP contribution in [0.5, 0.6) is 5.75 Å². The van der Waals surface area contributed by atoms with E-state index in [1.54, 1.807) is 0 Å². The molecule has 1 N–H and O–H groups in total. The van der Waals surface area contributed by atoms with Gasteiger partial charge in [0.25, 0.3) is 0 Å². The highest BCUT2D eigenvalue weighted by Gasteiger charge is 2.24. The van der Waals surface area contributed by atoms with Gasteiger partial charge in [-0.15, -0.1) is 0 Å². The van der Waals surface area contributed by atoms with E-state index < -0.39 is 0 Å². The molecular formula is C10H12ClNO. The van der Waals surface area contributed by atoms with Crippen LogP contribution in [0.1, 0.15) is 17.2 Å². The number of halogens is 1. The third-order valence-corrected chi connectivity index (χ3v) is 2.60. The molecule has 1 aromatic rings. The first-order chi connectivity index (χ1) is 6.22. The molecule has 1 unspecified atom stereocenters. The van der Waals surface area contributed by atoms with E-state index in [2.05, 4.69) is 5.32 Å². The molecule has 0 aliphatic carbocycles. The van der Waals surface area contributed by atoms with E-state index in [1.807, 2.05) is 26.1 Å². The molecule has 1 aliphatic rings. The van der Waals surface area contributed by atoms with Crippen molar-refractivity contribution >= 4 is 11.6 Å². The van der Waals surface area contributed by atoms with E-state index in [0.717, 1.165) is 16.3 Å². The highest BCUT2D eigenvalue weighted by Crippen LogP contribution is 2.37. The molecule has 0 saturated heterocycles. The number of nitrogens with one attached hydrogen (secondary N) is 1. The maximum atomic E-state index is 5.97. The van der Waals surface area contributed by atoms with Crippen molar-refractivity contribution in [1.29, 1.82) is 0 Å². The lowest BCUT2D eigenvalue weighted by Crippen LogP contribution is -2.17. The highest BCUT2D eigenvalue weighted by molar-refractivity contribution is 6.30. The summed E-state index contributed by atoms with van der Waals surface area (Å²) in [7, 11) is 1.93. The molecule has 1 heterocycles. The second-order valence-electron chi connectivity index (χ2n) is 3.29. The van der Waals surface area contributed by atoms with Gasteiger partial charge in [0, 0.05) is 10.6 Å². The van der Waals surface area contributed by atoms with E-state index >= 15 is 0 Å². The Morgan fingerprint density at radius 1 is 1.54 bits per heavy atom. The van der Waals surface area contributed by atoms with E-state index in [4.69, 9.17) is 16.3 Å². The predicted octanol–water partition coefficient (Wildman–Crippen LogP) is 2.30. The SMILES string of the molecule is CNC1COc2c(C)cc(Cl)cc21. The molecule has 0 radical (unpaired) electrons. The van der Waals surface area contributed by atoms with Gasteiger partial charge in [-0.3, -0.25) is 0 Å². The molecule has 0 aromatic heterocycles. The number of ether oxygens (including phenoxy) is 1. The van der Waals surface area contributed by atoms with E-state index in [1.165, 1.54) is 5.56 Å². The standard InChI is InChI=1S/C10H12ClNO/c1-6-3-7(11)4-8-9(12-2)5-13-10(6)8/h3-4,9,12H,5H2,1-2H3. The van der Waals surface area contributed by atoms with E-state index in [0.29, 0.717) is 6.61 Å². The number of fused-ring (bicyclic) bond motifs is 1. The number of rotatable bonds is 1. The summed E-state index contributed by atoms with van der Waals surface area (Å²) in [6.07, 6.45) is 0. The fraction of sp³-hybridized carbons (Fsp3) is 0.400. The summed E-state index contributed by atoms with van der Waals surface area (Å²) in [6.45, 7) is 2.72. The monoisotopic (exact) mass is 197 g/mol. The third-order valence-electron chi connectivity index (χ3n) is 2.39. The van der Waals surface area contributed by atoms with Crippen molar-refractivity contribution in [3.8, 4) is 5.75 Å². The normalized spacial score (nSPS) is 19.8. The molecule has 0 spiro atoms. The summed E-state index contributed by atoms with van der Waals surface area (Å²) in [4.78, 5) is 0. The second-order valence-corrected chi connectivity index (χ2v) is 3.73. The lowest BCUT2D eigenvalue weighted by atomic mass is 10.1. The van der Waals surface area contributed by atoms with Crippen LogP contribution in [0.3, 0.4) is 0 Å². The third kappa shape index (κ3) is 1.40. The van der Waals surface area contributed by atoms with Gasteiger partial charge in [0.2, 0.25) is 0 Å². The summed E-state index contributed by atoms with van der Waals surface area (Å²) in [5, 5.41) is 3.97. The average Bonchev–Trinajstić information content (AvgIpc) is 2.47. The van der Waals surface area contributed by atoms with Crippen molar-refractivity contribution < 1.29 is 4.74 Å². The maximum absolute atomic E-state index is 5.97. The van der Waals surface area contributed by atoms with Gasteiger partial charge in [-0.1, -0.05) is 11.6 Å². The first-order valence-electron chi connectivity index (χ1n) is 4.32. The minimum Gasteiger partial charge on any atom is -0.491 e. The quantitative estimate of drug-likeness (QED) is 0.746. The first kappa shape index (κ1) is 8.85.